The predicted octanol–water partition coefficient (Wildman–Crippen LogP) is 2.16. The summed E-state index contributed by atoms with van der Waals surface area (Å²) in [5.41, 5.74) is 7.04. The van der Waals surface area contributed by atoms with E-state index in [1.165, 1.54) is 5.39 Å². The van der Waals surface area contributed by atoms with Crippen LogP contribution in [0, 0.1) is 5.92 Å². The highest BCUT2D eigenvalue weighted by molar-refractivity contribution is 5.84. The number of aromatic amines is 1. The van der Waals surface area contributed by atoms with Crippen LogP contribution in [0.2, 0.25) is 0 Å². The van der Waals surface area contributed by atoms with E-state index in [9.17, 15) is 4.79 Å². The number of hydrogen-bond acceptors (Lipinski definition) is 2. The molecule has 0 bridgehead atoms. The van der Waals surface area contributed by atoms with Crippen LogP contribution < -0.4 is 11.1 Å². The smallest absolute Gasteiger partial charge is 0.237 e. The molecular weight excluding hydrogens is 238 g/mol. The van der Waals surface area contributed by atoms with Crippen LogP contribution in [0.1, 0.15) is 26.3 Å². The molecule has 0 fully saturated rings. The lowest BCUT2D eigenvalue weighted by Gasteiger charge is -2.31. The molecule has 0 aliphatic heterocycles. The first kappa shape index (κ1) is 13.6. The maximum absolute atomic E-state index is 11.6. The highest BCUT2D eigenvalue weighted by Gasteiger charge is 2.33. The molecule has 0 saturated carbocycles. The number of rotatable bonds is 5. The number of carbonyl (C=O) groups is 1. The van der Waals surface area contributed by atoms with Crippen molar-refractivity contribution in [2.45, 2.75) is 32.9 Å². The number of H-pyrrole nitrogens is 1. The number of hydrogen-bond donors (Lipinski definition) is 3. The van der Waals surface area contributed by atoms with Crippen LogP contribution in [0.25, 0.3) is 10.9 Å². The van der Waals surface area contributed by atoms with E-state index >= 15 is 0 Å². The monoisotopic (exact) mass is 259 g/mol. The zero-order valence-electron chi connectivity index (χ0n) is 11.7. The number of nitrogens with one attached hydrogen (secondary N) is 2. The third-order valence-electron chi connectivity index (χ3n) is 3.95. The number of aromatic nitrogens is 1. The van der Waals surface area contributed by atoms with Gasteiger partial charge < -0.3 is 10.7 Å². The maximum Gasteiger partial charge on any atom is 0.237 e. The SMILES string of the molecule is CC(C)C(C)(NCc1ccc2cc[nH]c2c1)C(N)=O. The van der Waals surface area contributed by atoms with Crippen LogP contribution >= 0.6 is 0 Å². The summed E-state index contributed by atoms with van der Waals surface area (Å²) < 4.78 is 0. The minimum atomic E-state index is -0.690. The number of fused-ring (bicyclic) bond motifs is 1. The highest BCUT2D eigenvalue weighted by Crippen LogP contribution is 2.18. The third kappa shape index (κ3) is 2.63. The van der Waals surface area contributed by atoms with Gasteiger partial charge in [0.1, 0.15) is 0 Å². The molecule has 2 rings (SSSR count). The highest BCUT2D eigenvalue weighted by atomic mass is 16.1. The Kier molecular flexibility index (Phi) is 3.62. The molecule has 4 heteroatoms. The predicted molar refractivity (Wildman–Crippen MR) is 77.6 cm³/mol. The number of primary amides is 1. The van der Waals surface area contributed by atoms with Crippen LogP contribution in [0.3, 0.4) is 0 Å². The Balaban J connectivity index is 2.14. The van der Waals surface area contributed by atoms with Gasteiger partial charge in [-0.2, -0.15) is 0 Å². The Morgan fingerprint density at radius 1 is 1.42 bits per heavy atom. The van der Waals surface area contributed by atoms with Gasteiger partial charge in [0.25, 0.3) is 0 Å². The van der Waals surface area contributed by atoms with Crippen LogP contribution in [0.5, 0.6) is 0 Å². The molecule has 1 unspecified atom stereocenters. The number of nitrogens with two attached hydrogens (primary N) is 1. The largest absolute Gasteiger partial charge is 0.368 e. The van der Waals surface area contributed by atoms with E-state index in [-0.39, 0.29) is 11.8 Å². The summed E-state index contributed by atoms with van der Waals surface area (Å²) in [6, 6.07) is 8.25. The summed E-state index contributed by atoms with van der Waals surface area (Å²) >= 11 is 0. The van der Waals surface area contributed by atoms with Crippen molar-refractivity contribution in [3.05, 3.63) is 36.0 Å². The summed E-state index contributed by atoms with van der Waals surface area (Å²) in [6.07, 6.45) is 1.92. The number of benzene rings is 1. The van der Waals surface area contributed by atoms with Crippen LogP contribution in [-0.4, -0.2) is 16.4 Å². The van der Waals surface area contributed by atoms with Crippen molar-refractivity contribution >= 4 is 16.8 Å². The minimum absolute atomic E-state index is 0.138. The summed E-state index contributed by atoms with van der Waals surface area (Å²) in [5.74, 6) is -0.178. The first-order valence-electron chi connectivity index (χ1n) is 6.54. The molecule has 0 spiro atoms. The molecule has 1 aromatic carbocycles. The van der Waals surface area contributed by atoms with Gasteiger partial charge in [-0.1, -0.05) is 26.0 Å². The van der Waals surface area contributed by atoms with Gasteiger partial charge in [0, 0.05) is 18.3 Å². The van der Waals surface area contributed by atoms with Gasteiger partial charge in [-0.05, 0) is 35.9 Å². The van der Waals surface area contributed by atoms with Gasteiger partial charge in [0.15, 0.2) is 0 Å². The molecule has 0 radical (unpaired) electrons. The van der Waals surface area contributed by atoms with Crippen LogP contribution in [0.15, 0.2) is 30.5 Å². The Morgan fingerprint density at radius 3 is 2.79 bits per heavy atom. The Morgan fingerprint density at radius 2 is 2.16 bits per heavy atom. The van der Waals surface area contributed by atoms with Gasteiger partial charge in [0.2, 0.25) is 5.91 Å². The van der Waals surface area contributed by atoms with E-state index in [0.717, 1.165) is 11.1 Å². The first-order valence-corrected chi connectivity index (χ1v) is 6.54. The maximum atomic E-state index is 11.6. The van der Waals surface area contributed by atoms with Gasteiger partial charge in [0.05, 0.1) is 5.54 Å². The molecule has 4 N–H and O–H groups in total. The van der Waals surface area contributed by atoms with Crippen LogP contribution in [0.4, 0.5) is 0 Å². The number of amides is 1. The van der Waals surface area contributed by atoms with E-state index in [4.69, 9.17) is 5.73 Å². The van der Waals surface area contributed by atoms with Gasteiger partial charge >= 0.3 is 0 Å². The zero-order chi connectivity index (χ0) is 14.0. The second-order valence-corrected chi connectivity index (χ2v) is 5.47. The fraction of sp³-hybridized carbons (Fsp3) is 0.400. The van der Waals surface area contributed by atoms with Crippen molar-refractivity contribution in [3.8, 4) is 0 Å². The lowest BCUT2D eigenvalue weighted by atomic mass is 9.87. The molecule has 0 saturated heterocycles. The second-order valence-electron chi connectivity index (χ2n) is 5.47. The molecule has 0 aliphatic rings. The third-order valence-corrected chi connectivity index (χ3v) is 3.95. The van der Waals surface area contributed by atoms with Gasteiger partial charge in [-0.25, -0.2) is 0 Å². The molecule has 1 amide bonds. The van der Waals surface area contributed by atoms with E-state index < -0.39 is 5.54 Å². The minimum Gasteiger partial charge on any atom is -0.368 e. The molecule has 1 aromatic heterocycles. The van der Waals surface area contributed by atoms with E-state index in [1.807, 2.05) is 33.0 Å². The van der Waals surface area contributed by atoms with E-state index in [1.54, 1.807) is 0 Å². The molecule has 19 heavy (non-hydrogen) atoms. The molecular formula is C15H21N3O. The molecule has 4 nitrogen and oxygen atoms in total. The van der Waals surface area contributed by atoms with Gasteiger partial charge in [-0.3, -0.25) is 10.1 Å². The Labute approximate surface area is 113 Å². The summed E-state index contributed by atoms with van der Waals surface area (Å²) in [6.45, 7) is 6.46. The number of carbonyl (C=O) groups excluding carboxylic acids is 1. The average molecular weight is 259 g/mol. The summed E-state index contributed by atoms with van der Waals surface area (Å²) in [5, 5.41) is 4.47. The molecule has 102 valence electrons. The second kappa shape index (κ2) is 5.05. The fourth-order valence-electron chi connectivity index (χ4n) is 2.07. The van der Waals surface area contributed by atoms with E-state index in [0.29, 0.717) is 6.54 Å². The van der Waals surface area contributed by atoms with Crippen molar-refractivity contribution < 1.29 is 4.79 Å². The fourth-order valence-corrected chi connectivity index (χ4v) is 2.07. The van der Waals surface area contributed by atoms with Gasteiger partial charge in [-0.15, -0.1) is 0 Å². The first-order chi connectivity index (χ1) is 8.93. The zero-order valence-corrected chi connectivity index (χ0v) is 11.7. The average Bonchev–Trinajstić information content (AvgIpc) is 2.82. The van der Waals surface area contributed by atoms with Crippen LogP contribution in [-0.2, 0) is 11.3 Å². The topological polar surface area (TPSA) is 70.9 Å². The summed E-state index contributed by atoms with van der Waals surface area (Å²) in [7, 11) is 0. The van der Waals surface area contributed by atoms with Crippen molar-refractivity contribution in [2.75, 3.05) is 0 Å². The quantitative estimate of drug-likeness (QED) is 0.770. The van der Waals surface area contributed by atoms with Crippen molar-refractivity contribution in [3.63, 3.8) is 0 Å². The standard InChI is InChI=1S/C15H21N3O/c1-10(2)15(3,14(16)19)18-9-11-4-5-12-6-7-17-13(12)8-11/h4-8,10,17-18H,9H2,1-3H3,(H2,16,19). The van der Waals surface area contributed by atoms with Crippen molar-refractivity contribution in [2.24, 2.45) is 11.7 Å². The molecule has 1 heterocycles. The van der Waals surface area contributed by atoms with Crippen molar-refractivity contribution in [1.82, 2.24) is 10.3 Å². The summed E-state index contributed by atoms with van der Waals surface area (Å²) in [4.78, 5) is 14.8. The van der Waals surface area contributed by atoms with Crippen molar-refractivity contribution in [1.29, 1.82) is 0 Å². The Hall–Kier alpha value is -1.81. The lowest BCUT2D eigenvalue weighted by molar-refractivity contribution is -0.125. The molecule has 1 atom stereocenters. The molecule has 0 aliphatic carbocycles. The normalized spacial score (nSPS) is 14.7. The Bertz CT molecular complexity index is 588. The van der Waals surface area contributed by atoms with E-state index in [2.05, 4.69) is 28.5 Å². The molecule has 2 aromatic rings. The lowest BCUT2D eigenvalue weighted by Crippen LogP contribution is -2.56.